The zero-order valence-corrected chi connectivity index (χ0v) is 23.8. The molecule has 12 heteroatoms. The van der Waals surface area contributed by atoms with Crippen molar-refractivity contribution < 1.29 is 38.1 Å². The number of nitrogens with zero attached hydrogens (tertiary/aromatic N) is 1. The lowest BCUT2D eigenvalue weighted by molar-refractivity contribution is -0.134. The number of aliphatic hydroxyl groups is 1. The van der Waals surface area contributed by atoms with Crippen LogP contribution in [0.15, 0.2) is 78.9 Å². The van der Waals surface area contributed by atoms with Crippen molar-refractivity contribution in [3.8, 4) is 5.75 Å². The summed E-state index contributed by atoms with van der Waals surface area (Å²) in [5.41, 5.74) is 2.79. The van der Waals surface area contributed by atoms with Crippen molar-refractivity contribution in [2.24, 2.45) is 0 Å². The average molecular weight is 596 g/mol. The summed E-state index contributed by atoms with van der Waals surface area (Å²) in [5.74, 6) is -2.89. The number of aromatic nitrogens is 1. The van der Waals surface area contributed by atoms with Crippen molar-refractivity contribution in [1.29, 1.82) is 0 Å². The number of aliphatic hydroxyl groups excluding tert-OH is 1. The Morgan fingerprint density at radius 2 is 1.64 bits per heavy atom. The summed E-state index contributed by atoms with van der Waals surface area (Å²) in [6, 6.07) is 23.0. The first-order valence-electron chi connectivity index (χ1n) is 13.2. The van der Waals surface area contributed by atoms with Gasteiger partial charge in [0.25, 0.3) is 0 Å². The Morgan fingerprint density at radius 1 is 0.952 bits per heavy atom. The number of carbonyl (C=O) groups is 2. The first-order chi connectivity index (χ1) is 20.0. The monoisotopic (exact) mass is 595 g/mol. The molecule has 3 aromatic carbocycles. The summed E-state index contributed by atoms with van der Waals surface area (Å²) < 4.78 is 33.2. The van der Waals surface area contributed by atoms with Crippen molar-refractivity contribution in [2.45, 2.75) is 32.0 Å². The van der Waals surface area contributed by atoms with E-state index in [-0.39, 0.29) is 30.6 Å². The fraction of sp³-hybridized carbons (Fsp3) is 0.267. The predicted molar refractivity (Wildman–Crippen MR) is 159 cm³/mol. The van der Waals surface area contributed by atoms with Crippen LogP contribution in [0.1, 0.15) is 28.5 Å². The van der Waals surface area contributed by atoms with Gasteiger partial charge in [-0.1, -0.05) is 36.4 Å². The Labute approximate surface area is 243 Å². The van der Waals surface area contributed by atoms with Crippen LogP contribution in [0.2, 0.25) is 0 Å². The number of benzene rings is 3. The molecule has 4 rings (SSSR count). The Balaban J connectivity index is 1.39. The molecule has 42 heavy (non-hydrogen) atoms. The van der Waals surface area contributed by atoms with Crippen molar-refractivity contribution >= 4 is 38.6 Å². The average Bonchev–Trinajstić information content (AvgIpc) is 3.29. The number of aromatic carboxylic acids is 1. The number of fused-ring (bicyclic) bond motifs is 1. The molecule has 0 saturated heterocycles. The van der Waals surface area contributed by atoms with Gasteiger partial charge in [0.15, 0.2) is 5.75 Å². The Kier molecular flexibility index (Phi) is 9.84. The molecule has 11 nitrogen and oxygen atoms in total. The summed E-state index contributed by atoms with van der Waals surface area (Å²) in [6.45, 7) is 2.77. The minimum Gasteiger partial charge on any atom is -0.491 e. The molecule has 1 heterocycles. The smallest absolute Gasteiger partial charge is 0.352 e. The maximum Gasteiger partial charge on any atom is 0.352 e. The number of rotatable bonds is 15. The zero-order valence-electron chi connectivity index (χ0n) is 22.9. The summed E-state index contributed by atoms with van der Waals surface area (Å²) in [7, 11) is -4.03. The molecule has 2 unspecified atom stereocenters. The lowest BCUT2D eigenvalue weighted by atomic mass is 10.0. The van der Waals surface area contributed by atoms with Gasteiger partial charge in [-0.3, -0.25) is 9.52 Å². The van der Waals surface area contributed by atoms with Gasteiger partial charge in [-0.25, -0.2) is 13.2 Å². The number of ether oxygens (including phenoxy) is 1. The molecule has 0 aliphatic rings. The molecule has 4 aromatic rings. The second-order valence-corrected chi connectivity index (χ2v) is 11.8. The van der Waals surface area contributed by atoms with Crippen LogP contribution in [0, 0.1) is 0 Å². The summed E-state index contributed by atoms with van der Waals surface area (Å²) >= 11 is 0. The van der Waals surface area contributed by atoms with E-state index in [1.54, 1.807) is 22.8 Å². The highest BCUT2D eigenvalue weighted by atomic mass is 32.2. The number of nitrogens with one attached hydrogen (secondary N) is 2. The maximum absolute atomic E-state index is 12.0. The van der Waals surface area contributed by atoms with Crippen molar-refractivity contribution in [1.82, 2.24) is 9.88 Å². The van der Waals surface area contributed by atoms with E-state index in [4.69, 9.17) is 9.84 Å². The minimum atomic E-state index is -4.03. The second kappa shape index (κ2) is 13.5. The van der Waals surface area contributed by atoms with Crippen LogP contribution in [-0.4, -0.2) is 71.3 Å². The van der Waals surface area contributed by atoms with Gasteiger partial charge in [0.2, 0.25) is 10.0 Å². The van der Waals surface area contributed by atoms with Crippen LogP contribution in [0.5, 0.6) is 5.75 Å². The molecule has 0 fully saturated rings. The number of anilines is 1. The SMILES string of the molecule is CC(Cc1ccc2c(c1)cc(C(=O)O)n2Cc1ccc(NS(=O)(=O)CC(=O)O)cc1)NCC(O)COc1ccccc1. The van der Waals surface area contributed by atoms with Crippen molar-refractivity contribution in [3.05, 3.63) is 95.7 Å². The molecule has 0 amide bonds. The van der Waals surface area contributed by atoms with Gasteiger partial charge in [-0.15, -0.1) is 0 Å². The second-order valence-electron chi connectivity index (χ2n) is 10.1. The van der Waals surface area contributed by atoms with E-state index in [2.05, 4.69) is 10.0 Å². The van der Waals surface area contributed by atoms with E-state index >= 15 is 0 Å². The molecule has 1 aromatic heterocycles. The molecule has 0 aliphatic carbocycles. The van der Waals surface area contributed by atoms with E-state index in [0.29, 0.717) is 18.7 Å². The Bertz CT molecular complexity index is 1640. The van der Waals surface area contributed by atoms with E-state index in [1.807, 2.05) is 55.5 Å². The Morgan fingerprint density at radius 3 is 2.31 bits per heavy atom. The third-order valence-corrected chi connectivity index (χ3v) is 7.67. The molecule has 2 atom stereocenters. The van der Waals surface area contributed by atoms with E-state index in [0.717, 1.165) is 22.0 Å². The van der Waals surface area contributed by atoms with Gasteiger partial charge in [0.1, 0.15) is 24.2 Å². The van der Waals surface area contributed by atoms with Gasteiger partial charge in [-0.05, 0) is 66.9 Å². The molecule has 0 saturated carbocycles. The van der Waals surface area contributed by atoms with Crippen LogP contribution >= 0.6 is 0 Å². The fourth-order valence-electron chi connectivity index (χ4n) is 4.56. The van der Waals surface area contributed by atoms with Gasteiger partial charge in [-0.2, -0.15) is 0 Å². The molecule has 5 N–H and O–H groups in total. The molecular weight excluding hydrogens is 562 g/mol. The van der Waals surface area contributed by atoms with Crippen LogP contribution in [0.3, 0.4) is 0 Å². The van der Waals surface area contributed by atoms with Crippen LogP contribution < -0.4 is 14.8 Å². The summed E-state index contributed by atoms with van der Waals surface area (Å²) in [6.07, 6.45) is -0.0176. The maximum atomic E-state index is 12.0. The summed E-state index contributed by atoms with van der Waals surface area (Å²) in [5, 5.41) is 32.9. The first kappa shape index (κ1) is 30.6. The number of hydrogen-bond donors (Lipinski definition) is 5. The third kappa shape index (κ3) is 8.56. The fourth-order valence-corrected chi connectivity index (χ4v) is 5.46. The topological polar surface area (TPSA) is 167 Å². The highest BCUT2D eigenvalue weighted by Crippen LogP contribution is 2.24. The number of carboxylic acid groups (broad SMARTS) is 2. The van der Waals surface area contributed by atoms with E-state index in [1.165, 1.54) is 12.1 Å². The molecule has 0 spiro atoms. The number of hydrogen-bond acceptors (Lipinski definition) is 7. The van der Waals surface area contributed by atoms with Gasteiger partial charge < -0.3 is 29.9 Å². The zero-order chi connectivity index (χ0) is 30.3. The van der Waals surface area contributed by atoms with Crippen LogP contribution in [0.25, 0.3) is 10.9 Å². The molecule has 222 valence electrons. The third-order valence-electron chi connectivity index (χ3n) is 6.50. The highest BCUT2D eigenvalue weighted by Gasteiger charge is 2.18. The van der Waals surface area contributed by atoms with Crippen molar-refractivity contribution in [3.63, 3.8) is 0 Å². The Hall–Kier alpha value is -4.39. The normalized spacial score (nSPS) is 13.0. The lowest BCUT2D eigenvalue weighted by Crippen LogP contribution is -2.37. The highest BCUT2D eigenvalue weighted by molar-refractivity contribution is 7.93. The van der Waals surface area contributed by atoms with Gasteiger partial charge in [0, 0.05) is 35.7 Å². The van der Waals surface area contributed by atoms with E-state index < -0.39 is 33.8 Å². The van der Waals surface area contributed by atoms with Crippen molar-refractivity contribution in [2.75, 3.05) is 23.6 Å². The molecule has 0 aliphatic heterocycles. The van der Waals surface area contributed by atoms with Gasteiger partial charge in [0.05, 0.1) is 0 Å². The predicted octanol–water partition coefficient (Wildman–Crippen LogP) is 3.17. The standard InChI is InChI=1S/C30H33N3O8S/c1-20(31-16-25(34)18-41-26-5-3-2-4-6-26)13-22-9-12-27-23(14-22)15-28(30(37)38)33(27)17-21-7-10-24(11-8-21)32-42(39,40)19-29(35)36/h2-12,14-15,20,25,31-32,34H,13,16-19H2,1H3,(H,35,36)(H,37,38). The van der Waals surface area contributed by atoms with Gasteiger partial charge >= 0.3 is 11.9 Å². The quantitative estimate of drug-likeness (QED) is 0.139. The largest absolute Gasteiger partial charge is 0.491 e. The number of aliphatic carboxylic acids is 1. The number of para-hydroxylation sites is 1. The molecule has 0 radical (unpaired) electrons. The lowest BCUT2D eigenvalue weighted by Gasteiger charge is -2.18. The summed E-state index contributed by atoms with van der Waals surface area (Å²) in [4.78, 5) is 22.8. The number of sulfonamides is 1. The van der Waals surface area contributed by atoms with E-state index in [9.17, 15) is 28.2 Å². The molecule has 0 bridgehead atoms. The first-order valence-corrected chi connectivity index (χ1v) is 14.9. The van der Waals surface area contributed by atoms with Crippen LogP contribution in [-0.2, 0) is 27.8 Å². The molecular formula is C30H33N3O8S. The van der Waals surface area contributed by atoms with Crippen LogP contribution in [0.4, 0.5) is 5.69 Å². The number of carboxylic acids is 2. The minimum absolute atomic E-state index is 0.0429.